The number of ether oxygens (including phenoxy) is 3. The fourth-order valence-corrected chi connectivity index (χ4v) is 4.82. The van der Waals surface area contributed by atoms with Crippen molar-refractivity contribution in [1.82, 2.24) is 20.9 Å². The first-order chi connectivity index (χ1) is 23.2. The number of alkyl carbamates (subject to hydrolysis) is 2. The van der Waals surface area contributed by atoms with Crippen LogP contribution in [0, 0.1) is 0 Å². The van der Waals surface area contributed by atoms with E-state index in [1.54, 1.807) is 40.8 Å². The molecule has 0 unspecified atom stereocenters. The van der Waals surface area contributed by atoms with Gasteiger partial charge in [-0.05, 0) is 82.9 Å². The summed E-state index contributed by atoms with van der Waals surface area (Å²) < 4.78 is 16.6. The number of rotatable bonds is 18. The van der Waals surface area contributed by atoms with E-state index in [-0.39, 0.29) is 19.7 Å². The molecule has 3 aromatic rings. The molecule has 1 heterocycles. The maximum atomic E-state index is 12.7. The number of aliphatic hydroxyl groups is 3. The van der Waals surface area contributed by atoms with Crippen molar-refractivity contribution in [2.45, 2.75) is 89.4 Å². The monoisotopic (exact) mass is 680 g/mol. The summed E-state index contributed by atoms with van der Waals surface area (Å²) in [6, 6.07) is 21.1. The number of aromatic nitrogens is 1. The van der Waals surface area contributed by atoms with Gasteiger partial charge in [-0.2, -0.15) is 0 Å². The topological polar surface area (TPSA) is 172 Å². The molecule has 0 saturated carbocycles. The number of hydrogen-bond acceptors (Lipinski definition) is 10. The molecule has 0 aliphatic rings. The quantitative estimate of drug-likeness (QED) is 0.117. The Morgan fingerprint density at radius 2 is 1.31 bits per heavy atom. The first-order valence-electron chi connectivity index (χ1n) is 16.6. The van der Waals surface area contributed by atoms with Crippen LogP contribution in [0.5, 0.6) is 5.75 Å². The van der Waals surface area contributed by atoms with Crippen LogP contribution in [0.4, 0.5) is 9.59 Å². The van der Waals surface area contributed by atoms with Crippen molar-refractivity contribution >= 4 is 12.2 Å². The van der Waals surface area contributed by atoms with E-state index >= 15 is 0 Å². The molecule has 49 heavy (non-hydrogen) atoms. The number of aliphatic hydroxyl groups excluding tert-OH is 3. The fraction of sp³-hybridized carbons (Fsp3) is 0.486. The highest BCUT2D eigenvalue weighted by atomic mass is 16.6. The summed E-state index contributed by atoms with van der Waals surface area (Å²) in [6.07, 6.45) is -0.542. The van der Waals surface area contributed by atoms with Crippen molar-refractivity contribution in [3.63, 3.8) is 0 Å². The number of carbonyl (C=O) groups is 2. The van der Waals surface area contributed by atoms with Gasteiger partial charge in [-0.15, -0.1) is 0 Å². The second-order valence-corrected chi connectivity index (χ2v) is 13.6. The highest BCUT2D eigenvalue weighted by Crippen LogP contribution is 2.16. The minimum atomic E-state index is -1.10. The zero-order valence-corrected chi connectivity index (χ0v) is 29.1. The third-order valence-electron chi connectivity index (χ3n) is 7.42. The van der Waals surface area contributed by atoms with Gasteiger partial charge in [-0.1, -0.05) is 48.5 Å². The molecule has 3 rings (SSSR count). The van der Waals surface area contributed by atoms with Gasteiger partial charge in [0, 0.05) is 31.4 Å². The summed E-state index contributed by atoms with van der Waals surface area (Å²) in [6.45, 7) is 8.57. The van der Waals surface area contributed by atoms with E-state index in [0.717, 1.165) is 16.8 Å². The van der Waals surface area contributed by atoms with Crippen LogP contribution >= 0.6 is 0 Å². The van der Waals surface area contributed by atoms with Crippen LogP contribution in [0.1, 0.15) is 51.4 Å². The van der Waals surface area contributed by atoms with Crippen LogP contribution in [-0.4, -0.2) is 94.3 Å². The predicted octanol–water partition coefficient (Wildman–Crippen LogP) is 3.56. The number of benzene rings is 2. The second-order valence-electron chi connectivity index (χ2n) is 13.6. The maximum Gasteiger partial charge on any atom is 0.408 e. The minimum Gasteiger partial charge on any atom is -0.493 e. The molecule has 0 spiro atoms. The van der Waals surface area contributed by atoms with Gasteiger partial charge in [0.25, 0.3) is 0 Å². The van der Waals surface area contributed by atoms with E-state index in [1.807, 2.05) is 72.8 Å². The molecular formula is C37H52N4O8. The van der Waals surface area contributed by atoms with Crippen molar-refractivity contribution in [1.29, 1.82) is 0 Å². The predicted molar refractivity (Wildman–Crippen MR) is 186 cm³/mol. The lowest BCUT2D eigenvalue weighted by Crippen LogP contribution is -2.53. The average Bonchev–Trinajstić information content (AvgIpc) is 3.04. The van der Waals surface area contributed by atoms with Gasteiger partial charge in [-0.25, -0.2) is 9.59 Å². The van der Waals surface area contributed by atoms with Gasteiger partial charge in [-0.3, -0.25) is 4.98 Å². The number of amides is 2. The zero-order chi connectivity index (χ0) is 35.9. The van der Waals surface area contributed by atoms with Crippen LogP contribution in [0.3, 0.4) is 0 Å². The summed E-state index contributed by atoms with van der Waals surface area (Å²) in [5, 5.41) is 40.4. The van der Waals surface area contributed by atoms with E-state index in [1.165, 1.54) is 0 Å². The highest BCUT2D eigenvalue weighted by Gasteiger charge is 2.28. The van der Waals surface area contributed by atoms with E-state index < -0.39 is 47.7 Å². The average molecular weight is 681 g/mol. The first-order valence-corrected chi connectivity index (χ1v) is 16.6. The standard InChI is InChI=1S/C37H52N4O8/c1-36(2,3)48-34(45)40-31(22-27-14-16-29(17-15-27)47-20-18-28-13-9-10-19-39-28)33(44)24-38-23-32(43)30(21-26-11-7-6-8-12-26)41-35(46)49-37(4,5)25-42/h6-17,19,30-33,38,42-44H,18,20-25H2,1-5H3,(H,40,45)(H,41,46)/t30-,31-,32+,33+/m0/s1. The summed E-state index contributed by atoms with van der Waals surface area (Å²) in [5.74, 6) is 0.690. The Hall–Kier alpha value is -4.23. The number of hydrogen-bond donors (Lipinski definition) is 6. The number of nitrogens with one attached hydrogen (secondary N) is 3. The molecule has 0 fully saturated rings. The molecule has 0 radical (unpaired) electrons. The Kier molecular flexibility index (Phi) is 15.3. The van der Waals surface area contributed by atoms with Crippen LogP contribution < -0.4 is 20.7 Å². The van der Waals surface area contributed by atoms with E-state index in [0.29, 0.717) is 31.6 Å². The fourth-order valence-electron chi connectivity index (χ4n) is 4.82. The Morgan fingerprint density at radius 1 is 0.755 bits per heavy atom. The van der Waals surface area contributed by atoms with E-state index in [2.05, 4.69) is 20.9 Å². The van der Waals surface area contributed by atoms with Crippen molar-refractivity contribution in [2.75, 3.05) is 26.3 Å². The molecule has 0 saturated heterocycles. The van der Waals surface area contributed by atoms with Crippen molar-refractivity contribution < 1.29 is 39.1 Å². The molecule has 12 nitrogen and oxygen atoms in total. The van der Waals surface area contributed by atoms with Gasteiger partial charge in [0.15, 0.2) is 0 Å². The zero-order valence-electron chi connectivity index (χ0n) is 29.1. The molecular weight excluding hydrogens is 628 g/mol. The Labute approximate surface area is 289 Å². The molecule has 0 aliphatic carbocycles. The molecule has 268 valence electrons. The highest BCUT2D eigenvalue weighted by molar-refractivity contribution is 5.68. The molecule has 4 atom stereocenters. The molecule has 2 aromatic carbocycles. The van der Waals surface area contributed by atoms with E-state index in [9.17, 15) is 24.9 Å². The first kappa shape index (κ1) is 39.2. The Bertz CT molecular complexity index is 1400. The summed E-state index contributed by atoms with van der Waals surface area (Å²) in [5.41, 5.74) is 0.856. The van der Waals surface area contributed by atoms with Crippen LogP contribution in [0.2, 0.25) is 0 Å². The van der Waals surface area contributed by atoms with Gasteiger partial charge in [0.2, 0.25) is 0 Å². The number of pyridine rings is 1. The number of carbonyl (C=O) groups excluding carboxylic acids is 2. The van der Waals surface area contributed by atoms with Gasteiger partial charge < -0.3 is 45.5 Å². The van der Waals surface area contributed by atoms with Crippen LogP contribution in [0.25, 0.3) is 0 Å². The summed E-state index contributed by atoms with van der Waals surface area (Å²) in [7, 11) is 0. The largest absolute Gasteiger partial charge is 0.493 e. The van der Waals surface area contributed by atoms with Crippen molar-refractivity contribution in [2.24, 2.45) is 0 Å². The molecule has 12 heteroatoms. The molecule has 2 amide bonds. The number of nitrogens with zero attached hydrogens (tertiary/aromatic N) is 1. The van der Waals surface area contributed by atoms with Crippen molar-refractivity contribution in [3.8, 4) is 5.75 Å². The Morgan fingerprint density at radius 3 is 1.84 bits per heavy atom. The lowest BCUT2D eigenvalue weighted by molar-refractivity contribution is -0.00773. The molecule has 0 aliphatic heterocycles. The smallest absolute Gasteiger partial charge is 0.408 e. The van der Waals surface area contributed by atoms with Gasteiger partial charge in [0.1, 0.15) is 17.0 Å². The van der Waals surface area contributed by atoms with Gasteiger partial charge >= 0.3 is 12.2 Å². The second kappa shape index (κ2) is 19.1. The lowest BCUT2D eigenvalue weighted by atomic mass is 10.00. The SMILES string of the molecule is CC(C)(C)OC(=O)N[C@@H](Cc1ccc(OCCc2ccccn2)cc1)[C@H](O)CNC[C@@H](O)[C@H](Cc1ccccc1)NC(=O)OC(C)(C)CO. The maximum absolute atomic E-state index is 12.7. The molecule has 6 N–H and O–H groups in total. The Balaban J connectivity index is 1.62. The minimum absolute atomic E-state index is 0.0158. The molecule has 1 aromatic heterocycles. The van der Waals surface area contributed by atoms with Gasteiger partial charge in [0.05, 0.1) is 37.5 Å². The molecule has 0 bridgehead atoms. The normalized spacial score (nSPS) is 14.2. The van der Waals surface area contributed by atoms with E-state index in [4.69, 9.17) is 14.2 Å². The lowest BCUT2D eigenvalue weighted by Gasteiger charge is -2.29. The summed E-state index contributed by atoms with van der Waals surface area (Å²) >= 11 is 0. The van der Waals surface area contributed by atoms with Crippen LogP contribution in [-0.2, 0) is 28.7 Å². The van der Waals surface area contributed by atoms with Crippen molar-refractivity contribution in [3.05, 3.63) is 95.8 Å². The summed E-state index contributed by atoms with van der Waals surface area (Å²) in [4.78, 5) is 29.7. The third kappa shape index (κ3) is 15.2. The van der Waals surface area contributed by atoms with Crippen LogP contribution in [0.15, 0.2) is 79.0 Å². The third-order valence-corrected chi connectivity index (χ3v) is 7.42.